The Kier molecular flexibility index (Phi) is 3.28. The fourth-order valence-electron chi connectivity index (χ4n) is 1.64. The molecular formula is C12H10N3O4-. The maximum absolute atomic E-state index is 10.9. The highest BCUT2D eigenvalue weighted by Crippen LogP contribution is 2.14. The molecule has 0 aliphatic rings. The van der Waals surface area contributed by atoms with Crippen molar-refractivity contribution in [2.75, 3.05) is 0 Å². The molecule has 0 fully saturated rings. The third-order valence-corrected chi connectivity index (χ3v) is 2.62. The van der Waals surface area contributed by atoms with E-state index in [1.807, 2.05) is 31.2 Å². The minimum absolute atomic E-state index is 0.136. The fourth-order valence-corrected chi connectivity index (χ4v) is 1.64. The third kappa shape index (κ3) is 2.76. The van der Waals surface area contributed by atoms with Crippen molar-refractivity contribution in [3.63, 3.8) is 0 Å². The number of aromatic carboxylic acids is 1. The van der Waals surface area contributed by atoms with E-state index in [1.165, 1.54) is 0 Å². The van der Waals surface area contributed by atoms with E-state index < -0.39 is 16.7 Å². The summed E-state index contributed by atoms with van der Waals surface area (Å²) in [5.74, 6) is -2.00. The van der Waals surface area contributed by atoms with E-state index >= 15 is 0 Å². The zero-order valence-corrected chi connectivity index (χ0v) is 10.1. The first-order valence-electron chi connectivity index (χ1n) is 5.46. The summed E-state index contributed by atoms with van der Waals surface area (Å²) in [6.07, 6.45) is 0. The van der Waals surface area contributed by atoms with Crippen LogP contribution in [0.25, 0.3) is 0 Å². The van der Waals surface area contributed by atoms with E-state index in [1.54, 1.807) is 0 Å². The van der Waals surface area contributed by atoms with Gasteiger partial charge in [0.25, 0.3) is 0 Å². The maximum atomic E-state index is 10.9. The van der Waals surface area contributed by atoms with Gasteiger partial charge >= 0.3 is 5.82 Å². The molecule has 7 nitrogen and oxygen atoms in total. The summed E-state index contributed by atoms with van der Waals surface area (Å²) >= 11 is 0. The van der Waals surface area contributed by atoms with Crippen molar-refractivity contribution in [2.45, 2.75) is 13.5 Å². The highest BCUT2D eigenvalue weighted by molar-refractivity contribution is 5.84. The largest absolute Gasteiger partial charge is 0.543 e. The molecule has 7 heteroatoms. The molecular weight excluding hydrogens is 250 g/mol. The van der Waals surface area contributed by atoms with Crippen LogP contribution in [0.2, 0.25) is 0 Å². The average molecular weight is 260 g/mol. The molecule has 98 valence electrons. The predicted molar refractivity (Wildman–Crippen MR) is 63.5 cm³/mol. The molecule has 2 rings (SSSR count). The fraction of sp³-hybridized carbons (Fsp3) is 0.167. The second-order valence-corrected chi connectivity index (χ2v) is 4.08. The molecule has 0 unspecified atom stereocenters. The average Bonchev–Trinajstić information content (AvgIpc) is 2.76. The van der Waals surface area contributed by atoms with Gasteiger partial charge in [-0.2, -0.15) is 4.68 Å². The summed E-state index contributed by atoms with van der Waals surface area (Å²) in [6, 6.07) is 8.24. The molecule has 1 heterocycles. The minimum atomic E-state index is -1.49. The number of rotatable bonds is 4. The summed E-state index contributed by atoms with van der Waals surface area (Å²) < 4.78 is 1.05. The number of carbonyl (C=O) groups is 1. The summed E-state index contributed by atoms with van der Waals surface area (Å²) in [5, 5.41) is 25.2. The lowest BCUT2D eigenvalue weighted by Crippen LogP contribution is -2.26. The van der Waals surface area contributed by atoms with Gasteiger partial charge in [-0.15, -0.1) is 0 Å². The van der Waals surface area contributed by atoms with Gasteiger partial charge in [-0.25, -0.2) is 0 Å². The first kappa shape index (κ1) is 12.7. The van der Waals surface area contributed by atoms with Crippen LogP contribution in [-0.2, 0) is 6.54 Å². The standard InChI is InChI=1S/C12H11N3O4/c1-8-2-4-9(5-3-8)7-14-10(12(16)17)6-11(13-14)15(18)19/h2-6H,7H2,1H3,(H,16,17)/p-1. The molecule has 0 N–H and O–H groups in total. The molecule has 0 aliphatic heterocycles. The Morgan fingerprint density at radius 1 is 1.37 bits per heavy atom. The smallest absolute Gasteiger partial charge is 0.390 e. The molecule has 1 aromatic heterocycles. The van der Waals surface area contributed by atoms with E-state index in [4.69, 9.17) is 0 Å². The molecule has 0 spiro atoms. The number of nitrogens with zero attached hydrogens (tertiary/aromatic N) is 3. The second kappa shape index (κ2) is 4.89. The Morgan fingerprint density at radius 2 is 2.00 bits per heavy atom. The quantitative estimate of drug-likeness (QED) is 0.588. The van der Waals surface area contributed by atoms with E-state index in [0.29, 0.717) is 0 Å². The van der Waals surface area contributed by atoms with Gasteiger partial charge in [-0.3, -0.25) is 0 Å². The number of carbonyl (C=O) groups excluding carboxylic acids is 1. The van der Waals surface area contributed by atoms with Crippen LogP contribution in [0.5, 0.6) is 0 Å². The van der Waals surface area contributed by atoms with Crippen molar-refractivity contribution < 1.29 is 14.8 Å². The number of aryl methyl sites for hydroxylation is 1. The Morgan fingerprint density at radius 3 is 2.53 bits per heavy atom. The molecule has 0 amide bonds. The highest BCUT2D eigenvalue weighted by Gasteiger charge is 2.18. The van der Waals surface area contributed by atoms with Gasteiger partial charge in [0.2, 0.25) is 0 Å². The molecule has 0 radical (unpaired) electrons. The van der Waals surface area contributed by atoms with Crippen LogP contribution in [0.3, 0.4) is 0 Å². The molecule has 0 bridgehead atoms. The van der Waals surface area contributed by atoms with Crippen molar-refractivity contribution in [3.05, 3.63) is 57.3 Å². The third-order valence-electron chi connectivity index (χ3n) is 2.62. The first-order valence-corrected chi connectivity index (χ1v) is 5.46. The number of benzene rings is 1. The van der Waals surface area contributed by atoms with Crippen molar-refractivity contribution >= 4 is 11.8 Å². The SMILES string of the molecule is Cc1ccc(Cn2nc([N+](=O)[O-])cc2C(=O)[O-])cc1. The van der Waals surface area contributed by atoms with Gasteiger partial charge in [0.15, 0.2) is 0 Å². The number of hydrogen-bond donors (Lipinski definition) is 0. The lowest BCUT2D eigenvalue weighted by atomic mass is 10.1. The Hall–Kier alpha value is -2.70. The minimum Gasteiger partial charge on any atom is -0.543 e. The number of nitro groups is 1. The summed E-state index contributed by atoms with van der Waals surface area (Å²) in [5.41, 5.74) is 1.55. The summed E-state index contributed by atoms with van der Waals surface area (Å²) in [4.78, 5) is 20.8. The monoisotopic (exact) mass is 260 g/mol. The van der Waals surface area contributed by atoms with Crippen molar-refractivity contribution in [1.82, 2.24) is 9.78 Å². The number of carboxylic acid groups (broad SMARTS) is 1. The van der Waals surface area contributed by atoms with E-state index in [0.717, 1.165) is 21.9 Å². The maximum Gasteiger partial charge on any atom is 0.390 e. The molecule has 0 atom stereocenters. The van der Waals surface area contributed by atoms with Crippen LogP contribution in [0, 0.1) is 17.0 Å². The summed E-state index contributed by atoms with van der Waals surface area (Å²) in [6.45, 7) is 2.06. The van der Waals surface area contributed by atoms with E-state index in [2.05, 4.69) is 5.10 Å². The van der Waals surface area contributed by atoms with Crippen LogP contribution >= 0.6 is 0 Å². The van der Waals surface area contributed by atoms with E-state index in [9.17, 15) is 20.0 Å². The van der Waals surface area contributed by atoms with Gasteiger partial charge in [0.05, 0.1) is 23.7 Å². The van der Waals surface area contributed by atoms with E-state index in [-0.39, 0.29) is 12.2 Å². The van der Waals surface area contributed by atoms with Gasteiger partial charge in [0, 0.05) is 0 Å². The summed E-state index contributed by atoms with van der Waals surface area (Å²) in [7, 11) is 0. The second-order valence-electron chi connectivity index (χ2n) is 4.08. The van der Waals surface area contributed by atoms with Crippen LogP contribution in [0.1, 0.15) is 21.6 Å². The van der Waals surface area contributed by atoms with Crippen LogP contribution in [-0.4, -0.2) is 20.7 Å². The molecule has 19 heavy (non-hydrogen) atoms. The van der Waals surface area contributed by atoms with Crippen molar-refractivity contribution in [3.8, 4) is 0 Å². The van der Waals surface area contributed by atoms with Gasteiger partial charge in [-0.05, 0) is 17.4 Å². The van der Waals surface area contributed by atoms with Crippen molar-refractivity contribution in [1.29, 1.82) is 0 Å². The molecule has 1 aromatic carbocycles. The molecule has 0 saturated heterocycles. The predicted octanol–water partition coefficient (Wildman–Crippen LogP) is 0.512. The zero-order valence-electron chi connectivity index (χ0n) is 10.1. The van der Waals surface area contributed by atoms with Gasteiger partial charge < -0.3 is 20.0 Å². The zero-order chi connectivity index (χ0) is 14.0. The van der Waals surface area contributed by atoms with Gasteiger partial charge in [0.1, 0.15) is 5.69 Å². The Labute approximate surface area is 108 Å². The van der Waals surface area contributed by atoms with Crippen LogP contribution in [0.15, 0.2) is 30.3 Å². The normalized spacial score (nSPS) is 10.4. The van der Waals surface area contributed by atoms with Crippen LogP contribution in [0.4, 0.5) is 5.82 Å². The lowest BCUT2D eigenvalue weighted by molar-refractivity contribution is -0.389. The number of hydrogen-bond acceptors (Lipinski definition) is 5. The molecule has 0 aliphatic carbocycles. The molecule has 2 aromatic rings. The lowest BCUT2D eigenvalue weighted by Gasteiger charge is -2.04. The number of carboxylic acids is 1. The first-order chi connectivity index (χ1) is 8.97. The Bertz CT molecular complexity index is 631. The van der Waals surface area contributed by atoms with Gasteiger partial charge in [-0.1, -0.05) is 29.8 Å². The number of aromatic nitrogens is 2. The van der Waals surface area contributed by atoms with Crippen molar-refractivity contribution in [2.24, 2.45) is 0 Å². The van der Waals surface area contributed by atoms with Crippen LogP contribution < -0.4 is 5.11 Å². The highest BCUT2D eigenvalue weighted by atomic mass is 16.6. The Balaban J connectivity index is 2.35. The molecule has 0 saturated carbocycles. The topological polar surface area (TPSA) is 101 Å².